The first-order valence-corrected chi connectivity index (χ1v) is 5.54. The summed E-state index contributed by atoms with van der Waals surface area (Å²) in [4.78, 5) is 7.43. The number of H-pyrrole nitrogens is 1. The average molecular weight is 200 g/mol. The van der Waals surface area contributed by atoms with E-state index in [-0.39, 0.29) is 0 Å². The molecule has 0 unspecified atom stereocenters. The van der Waals surface area contributed by atoms with Crippen LogP contribution in [0.2, 0.25) is 0 Å². The second-order valence-corrected chi connectivity index (χ2v) is 3.41. The van der Waals surface area contributed by atoms with E-state index >= 15 is 0 Å². The highest BCUT2D eigenvalue weighted by Gasteiger charge is 2.15. The number of hydrogen-bond donors (Lipinski definition) is 1. The van der Waals surface area contributed by atoms with Gasteiger partial charge in [0.05, 0.1) is 0 Å². The first kappa shape index (κ1) is 9.97. The molecule has 0 saturated heterocycles. The van der Waals surface area contributed by atoms with Crippen LogP contribution in [0.3, 0.4) is 0 Å². The molecule has 0 aliphatic heterocycles. The molecule has 1 N–H and O–H groups in total. The fourth-order valence-corrected chi connectivity index (χ4v) is 2.00. The Kier molecular flexibility index (Phi) is 2.86. The van der Waals surface area contributed by atoms with Crippen LogP contribution in [0.5, 0.6) is 0 Å². The molecule has 0 radical (unpaired) electrons. The fourth-order valence-electron chi connectivity index (χ4n) is 2.00. The molecular weight excluding hydrogens is 184 g/mol. The summed E-state index contributed by atoms with van der Waals surface area (Å²) in [6.45, 7) is 4.00. The highest BCUT2D eigenvalue weighted by molar-refractivity contribution is 5.69. The molecule has 2 heterocycles. The SMILES string of the molecule is CC.c1cc2c(cn1)CCc1cc[nH]c1-2. The van der Waals surface area contributed by atoms with E-state index in [1.54, 1.807) is 0 Å². The number of aryl methyl sites for hydroxylation is 2. The Labute approximate surface area is 90.4 Å². The fraction of sp³-hybridized carbons (Fsp3) is 0.308. The Morgan fingerprint density at radius 1 is 1.13 bits per heavy atom. The minimum absolute atomic E-state index is 1.12. The maximum atomic E-state index is 4.14. The van der Waals surface area contributed by atoms with Gasteiger partial charge in [-0.2, -0.15) is 0 Å². The lowest BCUT2D eigenvalue weighted by Crippen LogP contribution is -2.02. The molecule has 0 spiro atoms. The standard InChI is InChI=1S/C11H10N2.C2H6/c1-2-9-7-12-5-4-10(9)11-8(1)3-6-13-11;1-2/h3-7,13H,1-2H2;1-2H3. The molecule has 3 rings (SSSR count). The summed E-state index contributed by atoms with van der Waals surface area (Å²) < 4.78 is 0. The summed E-state index contributed by atoms with van der Waals surface area (Å²) in [6, 6.07) is 4.25. The van der Waals surface area contributed by atoms with Gasteiger partial charge in [-0.25, -0.2) is 0 Å². The molecule has 1 aliphatic carbocycles. The van der Waals surface area contributed by atoms with Crippen molar-refractivity contribution in [3.63, 3.8) is 0 Å². The van der Waals surface area contributed by atoms with E-state index in [2.05, 4.69) is 22.1 Å². The number of pyridine rings is 1. The van der Waals surface area contributed by atoms with Crippen molar-refractivity contribution in [3.05, 3.63) is 41.9 Å². The molecule has 2 aromatic heterocycles. The zero-order valence-corrected chi connectivity index (χ0v) is 9.25. The molecule has 0 atom stereocenters. The van der Waals surface area contributed by atoms with Gasteiger partial charge < -0.3 is 4.98 Å². The molecule has 2 heteroatoms. The monoisotopic (exact) mass is 200 g/mol. The summed E-state index contributed by atoms with van der Waals surface area (Å²) in [7, 11) is 0. The Balaban J connectivity index is 0.000000404. The number of aromatic nitrogens is 2. The number of nitrogens with zero attached hydrogens (tertiary/aromatic N) is 1. The predicted molar refractivity (Wildman–Crippen MR) is 62.8 cm³/mol. The summed E-state index contributed by atoms with van der Waals surface area (Å²) >= 11 is 0. The minimum Gasteiger partial charge on any atom is -0.361 e. The van der Waals surface area contributed by atoms with Crippen LogP contribution in [0.4, 0.5) is 0 Å². The van der Waals surface area contributed by atoms with E-state index in [0.717, 1.165) is 12.8 Å². The number of hydrogen-bond acceptors (Lipinski definition) is 1. The first-order chi connectivity index (χ1) is 7.45. The van der Waals surface area contributed by atoms with Crippen molar-refractivity contribution >= 4 is 0 Å². The van der Waals surface area contributed by atoms with Gasteiger partial charge in [-0.3, -0.25) is 4.98 Å². The molecule has 0 aromatic carbocycles. The Hall–Kier alpha value is -1.57. The van der Waals surface area contributed by atoms with Gasteiger partial charge in [-0.15, -0.1) is 0 Å². The zero-order chi connectivity index (χ0) is 10.7. The van der Waals surface area contributed by atoms with Gasteiger partial charge in [0, 0.05) is 29.8 Å². The largest absolute Gasteiger partial charge is 0.361 e. The molecule has 2 aromatic rings. The van der Waals surface area contributed by atoms with Crippen LogP contribution in [0.25, 0.3) is 11.3 Å². The van der Waals surface area contributed by atoms with E-state index in [1.165, 1.54) is 22.4 Å². The maximum Gasteiger partial charge on any atom is 0.0490 e. The highest BCUT2D eigenvalue weighted by Crippen LogP contribution is 2.30. The van der Waals surface area contributed by atoms with Crippen molar-refractivity contribution in [3.8, 4) is 11.3 Å². The molecule has 0 bridgehead atoms. The molecule has 0 fully saturated rings. The highest BCUT2D eigenvalue weighted by atomic mass is 14.7. The summed E-state index contributed by atoms with van der Waals surface area (Å²) in [5, 5.41) is 0. The summed E-state index contributed by atoms with van der Waals surface area (Å²) in [5.74, 6) is 0. The van der Waals surface area contributed by atoms with Crippen LogP contribution in [0.1, 0.15) is 25.0 Å². The lowest BCUT2D eigenvalue weighted by Gasteiger charge is -2.14. The van der Waals surface area contributed by atoms with Crippen molar-refractivity contribution in [1.29, 1.82) is 0 Å². The van der Waals surface area contributed by atoms with Crippen LogP contribution >= 0.6 is 0 Å². The van der Waals surface area contributed by atoms with E-state index in [9.17, 15) is 0 Å². The molecule has 0 amide bonds. The lowest BCUT2D eigenvalue weighted by atomic mass is 9.92. The van der Waals surface area contributed by atoms with Gasteiger partial charge in [0.1, 0.15) is 0 Å². The predicted octanol–water partition coefficient (Wildman–Crippen LogP) is 3.20. The lowest BCUT2D eigenvalue weighted by molar-refractivity contribution is 0.931. The number of aromatic amines is 1. The second kappa shape index (κ2) is 4.30. The molecule has 0 saturated carbocycles. The molecular formula is C13H16N2. The van der Waals surface area contributed by atoms with Crippen molar-refractivity contribution in [2.45, 2.75) is 26.7 Å². The van der Waals surface area contributed by atoms with Gasteiger partial charge in [0.15, 0.2) is 0 Å². The van der Waals surface area contributed by atoms with Crippen molar-refractivity contribution in [1.82, 2.24) is 9.97 Å². The quantitative estimate of drug-likeness (QED) is 0.695. The van der Waals surface area contributed by atoms with E-state index in [0.29, 0.717) is 0 Å². The smallest absolute Gasteiger partial charge is 0.0490 e. The van der Waals surface area contributed by atoms with Crippen molar-refractivity contribution < 1.29 is 0 Å². The summed E-state index contributed by atoms with van der Waals surface area (Å²) in [6.07, 6.45) is 8.10. The summed E-state index contributed by atoms with van der Waals surface area (Å²) in [5.41, 5.74) is 5.39. The van der Waals surface area contributed by atoms with Crippen LogP contribution < -0.4 is 0 Å². The Morgan fingerprint density at radius 2 is 1.93 bits per heavy atom. The molecule has 2 nitrogen and oxygen atoms in total. The third-order valence-corrected chi connectivity index (χ3v) is 2.67. The van der Waals surface area contributed by atoms with E-state index < -0.39 is 0 Å². The number of nitrogens with one attached hydrogen (secondary N) is 1. The van der Waals surface area contributed by atoms with Crippen LogP contribution in [-0.2, 0) is 12.8 Å². The van der Waals surface area contributed by atoms with Gasteiger partial charge >= 0.3 is 0 Å². The molecule has 1 aliphatic rings. The molecule has 15 heavy (non-hydrogen) atoms. The normalized spacial score (nSPS) is 12.1. The number of fused-ring (bicyclic) bond motifs is 3. The number of rotatable bonds is 0. The minimum atomic E-state index is 1.12. The van der Waals surface area contributed by atoms with Crippen molar-refractivity contribution in [2.24, 2.45) is 0 Å². The average Bonchev–Trinajstić information content (AvgIpc) is 2.80. The topological polar surface area (TPSA) is 28.7 Å². The third-order valence-electron chi connectivity index (χ3n) is 2.67. The van der Waals surface area contributed by atoms with Gasteiger partial charge in [-0.05, 0) is 36.1 Å². The van der Waals surface area contributed by atoms with E-state index in [1.807, 2.05) is 32.4 Å². The third kappa shape index (κ3) is 1.67. The van der Waals surface area contributed by atoms with Gasteiger partial charge in [-0.1, -0.05) is 13.8 Å². The van der Waals surface area contributed by atoms with Crippen molar-refractivity contribution in [2.75, 3.05) is 0 Å². The van der Waals surface area contributed by atoms with Crippen LogP contribution in [-0.4, -0.2) is 9.97 Å². The second-order valence-electron chi connectivity index (χ2n) is 3.41. The van der Waals surface area contributed by atoms with Crippen LogP contribution in [0, 0.1) is 0 Å². The maximum absolute atomic E-state index is 4.14. The van der Waals surface area contributed by atoms with E-state index in [4.69, 9.17) is 0 Å². The Bertz CT molecular complexity index is 443. The van der Waals surface area contributed by atoms with Gasteiger partial charge in [0.25, 0.3) is 0 Å². The first-order valence-electron chi connectivity index (χ1n) is 5.54. The van der Waals surface area contributed by atoms with Crippen LogP contribution in [0.15, 0.2) is 30.7 Å². The molecule has 78 valence electrons. The zero-order valence-electron chi connectivity index (χ0n) is 9.25. The Morgan fingerprint density at radius 3 is 2.80 bits per heavy atom. The van der Waals surface area contributed by atoms with Gasteiger partial charge in [0.2, 0.25) is 0 Å².